The van der Waals surface area contributed by atoms with Crippen LogP contribution in [0.2, 0.25) is 0 Å². The van der Waals surface area contributed by atoms with Crippen molar-refractivity contribution in [2.24, 2.45) is 4.99 Å². The second-order valence-corrected chi connectivity index (χ2v) is 7.96. The highest BCUT2D eigenvalue weighted by atomic mass is 79.9. The number of nitro groups is 1. The lowest BCUT2D eigenvalue weighted by molar-refractivity contribution is -0.385. The molecule has 7 nitrogen and oxygen atoms in total. The number of thiazole rings is 1. The van der Waals surface area contributed by atoms with Gasteiger partial charge in [0.1, 0.15) is 0 Å². The third-order valence-corrected chi connectivity index (χ3v) is 5.72. The summed E-state index contributed by atoms with van der Waals surface area (Å²) in [4.78, 5) is 27.4. The van der Waals surface area contributed by atoms with Crippen molar-refractivity contribution in [3.8, 4) is 5.88 Å². The number of allylic oxidation sites excluding steroid dienone is 1. The Balaban J connectivity index is 1.73. The smallest absolute Gasteiger partial charge is 0.310 e. The Labute approximate surface area is 171 Å². The van der Waals surface area contributed by atoms with Crippen molar-refractivity contribution in [3.63, 3.8) is 0 Å². The average Bonchev–Trinajstić information content (AvgIpc) is 3.18. The monoisotopic (exact) mass is 457 g/mol. The fourth-order valence-corrected chi connectivity index (χ4v) is 4.16. The third-order valence-electron chi connectivity index (χ3n) is 4.31. The van der Waals surface area contributed by atoms with Gasteiger partial charge < -0.3 is 5.11 Å². The van der Waals surface area contributed by atoms with Crippen LogP contribution >= 0.6 is 27.3 Å². The van der Waals surface area contributed by atoms with Crippen LogP contribution in [0.25, 0.3) is 11.6 Å². The molecule has 0 spiro atoms. The first-order valence-corrected chi connectivity index (χ1v) is 9.75. The van der Waals surface area contributed by atoms with Gasteiger partial charge in [-0.15, -0.1) is 0 Å². The number of aliphatic imine (C=N–C) groups is 1. The standard InChI is InChI=1S/C19H12BrN3O4S/c20-13-5-6-15-14(8-13)12(9-21-15)7-17-18(24)22(19(25)28-17)10-11-3-1-2-4-16(11)23(26)27/h1-9,24H,10H2. The fraction of sp³-hybridized carbons (Fsp3) is 0.0526. The number of halogens is 1. The molecule has 0 saturated carbocycles. The van der Waals surface area contributed by atoms with E-state index >= 15 is 0 Å². The second-order valence-electron chi connectivity index (χ2n) is 6.05. The number of hydrogen-bond acceptors (Lipinski definition) is 6. The zero-order valence-corrected chi connectivity index (χ0v) is 16.6. The molecule has 0 unspecified atom stereocenters. The van der Waals surface area contributed by atoms with Crippen LogP contribution in [0.1, 0.15) is 16.0 Å². The van der Waals surface area contributed by atoms with Crippen LogP contribution in [0.5, 0.6) is 5.88 Å². The van der Waals surface area contributed by atoms with Crippen molar-refractivity contribution >= 4 is 56.5 Å². The Morgan fingerprint density at radius 1 is 1.29 bits per heavy atom. The van der Waals surface area contributed by atoms with E-state index in [2.05, 4.69) is 20.9 Å². The summed E-state index contributed by atoms with van der Waals surface area (Å²) in [6.07, 6.45) is 3.37. The SMILES string of the molecule is O=c1sc(C=C2C=Nc3ccc(Br)cc32)c(O)n1Cc1ccccc1[N+](=O)[O-]. The van der Waals surface area contributed by atoms with Crippen molar-refractivity contribution in [2.75, 3.05) is 0 Å². The van der Waals surface area contributed by atoms with E-state index in [1.807, 2.05) is 18.2 Å². The van der Waals surface area contributed by atoms with Crippen LogP contribution in [0.15, 0.2) is 56.7 Å². The fourth-order valence-electron chi connectivity index (χ4n) is 2.96. The van der Waals surface area contributed by atoms with Crippen molar-refractivity contribution in [1.29, 1.82) is 0 Å². The van der Waals surface area contributed by atoms with Gasteiger partial charge in [-0.05, 0) is 24.3 Å². The van der Waals surface area contributed by atoms with Gasteiger partial charge in [0.25, 0.3) is 5.69 Å². The molecule has 2 aromatic carbocycles. The maximum atomic E-state index is 12.4. The molecule has 0 saturated heterocycles. The number of rotatable bonds is 4. The Morgan fingerprint density at radius 2 is 2.07 bits per heavy atom. The number of nitro benzene ring substituents is 1. The summed E-state index contributed by atoms with van der Waals surface area (Å²) in [7, 11) is 0. The van der Waals surface area contributed by atoms with Crippen LogP contribution in [-0.4, -0.2) is 20.8 Å². The summed E-state index contributed by atoms with van der Waals surface area (Å²) in [6, 6.07) is 11.8. The number of nitrogens with zero attached hydrogens (tertiary/aromatic N) is 3. The predicted molar refractivity (Wildman–Crippen MR) is 113 cm³/mol. The Bertz CT molecular complexity index is 1230. The van der Waals surface area contributed by atoms with Gasteiger partial charge in [0.2, 0.25) is 5.88 Å². The van der Waals surface area contributed by atoms with E-state index in [9.17, 15) is 20.0 Å². The normalized spacial score (nSPS) is 13.8. The first kappa shape index (κ1) is 18.3. The molecule has 0 aliphatic carbocycles. The lowest BCUT2D eigenvalue weighted by Gasteiger charge is -2.05. The number of aromatic hydroxyl groups is 1. The summed E-state index contributed by atoms with van der Waals surface area (Å²) < 4.78 is 2.03. The van der Waals surface area contributed by atoms with E-state index < -0.39 is 9.80 Å². The largest absolute Gasteiger partial charge is 0.493 e. The highest BCUT2D eigenvalue weighted by Gasteiger charge is 2.19. The summed E-state index contributed by atoms with van der Waals surface area (Å²) >= 11 is 4.30. The van der Waals surface area contributed by atoms with Crippen molar-refractivity contribution < 1.29 is 10.0 Å². The molecule has 0 bridgehead atoms. The summed E-state index contributed by atoms with van der Waals surface area (Å²) in [5.41, 5.74) is 2.71. The summed E-state index contributed by atoms with van der Waals surface area (Å²) in [5, 5.41) is 21.8. The molecule has 1 aliphatic heterocycles. The lowest BCUT2D eigenvalue weighted by Crippen LogP contribution is -2.14. The third kappa shape index (κ3) is 3.30. The zero-order chi connectivity index (χ0) is 19.8. The zero-order valence-electron chi connectivity index (χ0n) is 14.2. The van der Waals surface area contributed by atoms with Crippen molar-refractivity contribution in [1.82, 2.24) is 4.57 Å². The maximum Gasteiger partial charge on any atom is 0.310 e. The number of aromatic nitrogens is 1. The molecule has 0 atom stereocenters. The molecular weight excluding hydrogens is 446 g/mol. The number of benzene rings is 2. The molecule has 1 aliphatic rings. The molecule has 1 N–H and O–H groups in total. The van der Waals surface area contributed by atoms with Gasteiger partial charge in [-0.1, -0.05) is 45.5 Å². The van der Waals surface area contributed by atoms with Gasteiger partial charge in [0.15, 0.2) is 0 Å². The predicted octanol–water partition coefficient (Wildman–Crippen LogP) is 4.59. The molecule has 140 valence electrons. The average molecular weight is 458 g/mol. The van der Waals surface area contributed by atoms with E-state index in [1.54, 1.807) is 30.5 Å². The summed E-state index contributed by atoms with van der Waals surface area (Å²) in [5.74, 6) is -0.225. The minimum atomic E-state index is -0.504. The topological polar surface area (TPSA) is 97.7 Å². The van der Waals surface area contributed by atoms with Crippen LogP contribution < -0.4 is 4.87 Å². The molecule has 9 heteroatoms. The molecule has 0 radical (unpaired) electrons. The molecule has 0 amide bonds. The molecular formula is C19H12BrN3O4S. The van der Waals surface area contributed by atoms with Gasteiger partial charge in [0.05, 0.1) is 22.0 Å². The molecule has 3 aromatic rings. The quantitative estimate of drug-likeness (QED) is 0.457. The Morgan fingerprint density at radius 3 is 2.86 bits per heavy atom. The van der Waals surface area contributed by atoms with Gasteiger partial charge >= 0.3 is 4.87 Å². The van der Waals surface area contributed by atoms with Crippen LogP contribution in [0, 0.1) is 10.1 Å². The van der Waals surface area contributed by atoms with Gasteiger partial charge in [0, 0.05) is 33.5 Å². The molecule has 28 heavy (non-hydrogen) atoms. The molecule has 4 rings (SSSR count). The van der Waals surface area contributed by atoms with Crippen molar-refractivity contribution in [3.05, 3.63) is 82.7 Å². The Kier molecular flexibility index (Phi) is 4.70. The van der Waals surface area contributed by atoms with Gasteiger partial charge in [-0.25, -0.2) is 0 Å². The molecule has 1 aromatic heterocycles. The highest BCUT2D eigenvalue weighted by molar-refractivity contribution is 9.10. The van der Waals surface area contributed by atoms with Crippen LogP contribution in [-0.2, 0) is 6.54 Å². The second kappa shape index (κ2) is 7.17. The minimum Gasteiger partial charge on any atom is -0.493 e. The summed E-state index contributed by atoms with van der Waals surface area (Å²) in [6.45, 7) is -0.0856. The number of hydrogen-bond donors (Lipinski definition) is 1. The van der Waals surface area contributed by atoms with Crippen LogP contribution in [0.4, 0.5) is 11.4 Å². The van der Waals surface area contributed by atoms with Crippen LogP contribution in [0.3, 0.4) is 0 Å². The Hall–Kier alpha value is -3.04. The minimum absolute atomic E-state index is 0.0856. The first-order chi connectivity index (χ1) is 13.4. The highest BCUT2D eigenvalue weighted by Crippen LogP contribution is 2.36. The number of fused-ring (bicyclic) bond motifs is 1. The molecule has 0 fully saturated rings. The van der Waals surface area contributed by atoms with E-state index in [4.69, 9.17) is 0 Å². The van der Waals surface area contributed by atoms with E-state index in [0.29, 0.717) is 10.4 Å². The van der Waals surface area contributed by atoms with Gasteiger partial charge in [-0.2, -0.15) is 0 Å². The first-order valence-electron chi connectivity index (χ1n) is 8.14. The van der Waals surface area contributed by atoms with Gasteiger partial charge in [-0.3, -0.25) is 24.5 Å². The number of para-hydroxylation sites is 1. The lowest BCUT2D eigenvalue weighted by atomic mass is 10.1. The van der Waals surface area contributed by atoms with E-state index in [-0.39, 0.29) is 18.1 Å². The van der Waals surface area contributed by atoms with E-state index in [1.165, 1.54) is 6.07 Å². The van der Waals surface area contributed by atoms with Crippen molar-refractivity contribution in [2.45, 2.75) is 6.54 Å². The maximum absolute atomic E-state index is 12.4. The molecule has 2 heterocycles. The van der Waals surface area contributed by atoms with E-state index in [0.717, 1.165) is 37.2 Å².